The normalized spacial score (nSPS) is 11.8. The van der Waals surface area contributed by atoms with Gasteiger partial charge >= 0.3 is 6.03 Å². The van der Waals surface area contributed by atoms with Crippen LogP contribution in [0.3, 0.4) is 0 Å². The maximum Gasteiger partial charge on any atom is 0.315 e. The van der Waals surface area contributed by atoms with Gasteiger partial charge in [0.15, 0.2) is 0 Å². The van der Waals surface area contributed by atoms with Crippen LogP contribution in [0, 0.1) is 13.8 Å². The van der Waals surface area contributed by atoms with Crippen LogP contribution in [-0.4, -0.2) is 29.5 Å². The largest absolute Gasteiger partial charge is 0.497 e. The van der Waals surface area contributed by atoms with Crippen LogP contribution < -0.4 is 15.4 Å². The van der Waals surface area contributed by atoms with E-state index < -0.39 is 0 Å². The van der Waals surface area contributed by atoms with Gasteiger partial charge in [-0.15, -0.1) is 0 Å². The Kier molecular flexibility index (Phi) is 6.86. The summed E-state index contributed by atoms with van der Waals surface area (Å²) in [5.74, 6) is 0.812. The van der Waals surface area contributed by atoms with Crippen LogP contribution in [0.1, 0.15) is 42.8 Å². The molecule has 6 heteroatoms. The highest BCUT2D eigenvalue weighted by Gasteiger charge is 2.12. The van der Waals surface area contributed by atoms with E-state index in [1.54, 1.807) is 7.11 Å². The molecule has 2 rings (SSSR count). The SMILES string of the molecule is CCC(NC(=O)NCCCn1nc(C)cc1C)c1ccc(OC)cc1. The summed E-state index contributed by atoms with van der Waals surface area (Å²) in [5, 5.41) is 10.4. The van der Waals surface area contributed by atoms with E-state index in [1.807, 2.05) is 42.8 Å². The van der Waals surface area contributed by atoms with Crippen LogP contribution in [0.2, 0.25) is 0 Å². The lowest BCUT2D eigenvalue weighted by Crippen LogP contribution is -2.38. The molecule has 0 aliphatic carbocycles. The molecule has 136 valence electrons. The molecule has 1 heterocycles. The number of nitrogens with one attached hydrogen (secondary N) is 2. The fourth-order valence-corrected chi connectivity index (χ4v) is 2.80. The fraction of sp³-hybridized carbons (Fsp3) is 0.474. The Morgan fingerprint density at radius 1 is 1.28 bits per heavy atom. The molecule has 0 saturated heterocycles. The molecule has 2 N–H and O–H groups in total. The fourth-order valence-electron chi connectivity index (χ4n) is 2.80. The maximum atomic E-state index is 12.1. The van der Waals surface area contributed by atoms with Gasteiger partial charge in [0.05, 0.1) is 18.8 Å². The van der Waals surface area contributed by atoms with Gasteiger partial charge in [0.2, 0.25) is 0 Å². The number of ether oxygens (including phenoxy) is 1. The lowest BCUT2D eigenvalue weighted by Gasteiger charge is -2.18. The number of benzene rings is 1. The van der Waals surface area contributed by atoms with Crippen molar-refractivity contribution < 1.29 is 9.53 Å². The minimum atomic E-state index is -0.143. The third kappa shape index (κ3) is 5.52. The van der Waals surface area contributed by atoms with E-state index in [4.69, 9.17) is 4.74 Å². The average Bonchev–Trinajstić information content (AvgIpc) is 2.94. The molecule has 0 radical (unpaired) electrons. The summed E-state index contributed by atoms with van der Waals surface area (Å²) >= 11 is 0. The van der Waals surface area contributed by atoms with Gasteiger partial charge in [-0.3, -0.25) is 4.68 Å². The minimum absolute atomic E-state index is 0.0121. The summed E-state index contributed by atoms with van der Waals surface area (Å²) < 4.78 is 7.14. The summed E-state index contributed by atoms with van der Waals surface area (Å²) in [6.07, 6.45) is 1.67. The van der Waals surface area contributed by atoms with Crippen molar-refractivity contribution in [3.8, 4) is 5.75 Å². The number of rotatable bonds is 8. The standard InChI is InChI=1S/C19H28N4O2/c1-5-18(16-7-9-17(25-4)10-8-16)21-19(24)20-11-6-12-23-15(3)13-14(2)22-23/h7-10,13,18H,5-6,11-12H2,1-4H3,(H2,20,21,24). The second-order valence-electron chi connectivity index (χ2n) is 6.14. The molecule has 25 heavy (non-hydrogen) atoms. The van der Waals surface area contributed by atoms with Crippen LogP contribution in [-0.2, 0) is 6.54 Å². The number of carbonyl (C=O) groups is 1. The first-order chi connectivity index (χ1) is 12.0. The zero-order valence-electron chi connectivity index (χ0n) is 15.5. The van der Waals surface area contributed by atoms with Crippen molar-refractivity contribution in [1.82, 2.24) is 20.4 Å². The summed E-state index contributed by atoms with van der Waals surface area (Å²) in [6, 6.07) is 9.68. The highest BCUT2D eigenvalue weighted by atomic mass is 16.5. The van der Waals surface area contributed by atoms with Gasteiger partial charge in [-0.05, 0) is 50.5 Å². The molecule has 0 aliphatic heterocycles. The minimum Gasteiger partial charge on any atom is -0.497 e. The van der Waals surface area contributed by atoms with Crippen molar-refractivity contribution in [3.63, 3.8) is 0 Å². The summed E-state index contributed by atoms with van der Waals surface area (Å²) in [5.41, 5.74) is 3.24. The Hall–Kier alpha value is -2.50. The molecular formula is C19H28N4O2. The van der Waals surface area contributed by atoms with Crippen molar-refractivity contribution in [2.45, 2.75) is 46.2 Å². The second kappa shape index (κ2) is 9.11. The molecule has 1 atom stereocenters. The highest BCUT2D eigenvalue weighted by molar-refractivity contribution is 5.74. The topological polar surface area (TPSA) is 68.2 Å². The lowest BCUT2D eigenvalue weighted by atomic mass is 10.0. The number of hydrogen-bond donors (Lipinski definition) is 2. The van der Waals surface area contributed by atoms with Crippen molar-refractivity contribution in [2.24, 2.45) is 0 Å². The molecular weight excluding hydrogens is 316 g/mol. The van der Waals surface area contributed by atoms with E-state index >= 15 is 0 Å². The number of hydrogen-bond acceptors (Lipinski definition) is 3. The van der Waals surface area contributed by atoms with Gasteiger partial charge in [0.1, 0.15) is 5.75 Å². The molecule has 0 spiro atoms. The first-order valence-corrected chi connectivity index (χ1v) is 8.72. The molecule has 1 aromatic carbocycles. The number of aromatic nitrogens is 2. The highest BCUT2D eigenvalue weighted by Crippen LogP contribution is 2.19. The molecule has 0 saturated carbocycles. The van der Waals surface area contributed by atoms with Crippen molar-refractivity contribution in [2.75, 3.05) is 13.7 Å². The smallest absolute Gasteiger partial charge is 0.315 e. The number of nitrogens with zero attached hydrogens (tertiary/aromatic N) is 2. The van der Waals surface area contributed by atoms with Crippen LogP contribution in [0.15, 0.2) is 30.3 Å². The van der Waals surface area contributed by atoms with Gasteiger partial charge in [-0.2, -0.15) is 5.10 Å². The van der Waals surface area contributed by atoms with E-state index in [9.17, 15) is 4.79 Å². The van der Waals surface area contributed by atoms with E-state index in [-0.39, 0.29) is 12.1 Å². The first kappa shape index (κ1) is 18.8. The third-order valence-corrected chi connectivity index (χ3v) is 4.17. The van der Waals surface area contributed by atoms with Crippen LogP contribution >= 0.6 is 0 Å². The first-order valence-electron chi connectivity index (χ1n) is 8.72. The average molecular weight is 344 g/mol. The Labute approximate surface area is 149 Å². The molecule has 2 aromatic rings. The van der Waals surface area contributed by atoms with Gasteiger partial charge in [-0.1, -0.05) is 19.1 Å². The molecule has 2 amide bonds. The number of carbonyl (C=O) groups excluding carboxylic acids is 1. The van der Waals surface area contributed by atoms with Crippen molar-refractivity contribution >= 4 is 6.03 Å². The van der Waals surface area contributed by atoms with Crippen molar-refractivity contribution in [3.05, 3.63) is 47.3 Å². The van der Waals surface area contributed by atoms with Gasteiger partial charge in [-0.25, -0.2) is 4.79 Å². The number of aryl methyl sites for hydroxylation is 3. The number of amides is 2. The molecule has 6 nitrogen and oxygen atoms in total. The summed E-state index contributed by atoms with van der Waals surface area (Å²) in [7, 11) is 1.64. The van der Waals surface area contributed by atoms with Gasteiger partial charge in [0, 0.05) is 18.8 Å². The summed E-state index contributed by atoms with van der Waals surface area (Å²) in [6.45, 7) is 7.50. The van der Waals surface area contributed by atoms with Crippen molar-refractivity contribution in [1.29, 1.82) is 0 Å². The molecule has 1 aromatic heterocycles. The molecule has 0 aliphatic rings. The Morgan fingerprint density at radius 2 is 2.00 bits per heavy atom. The Balaban J connectivity index is 1.76. The maximum absolute atomic E-state index is 12.1. The molecule has 0 fully saturated rings. The van der Waals surface area contributed by atoms with Crippen LogP contribution in [0.5, 0.6) is 5.75 Å². The van der Waals surface area contributed by atoms with E-state index in [1.165, 1.54) is 0 Å². The lowest BCUT2D eigenvalue weighted by molar-refractivity contribution is 0.236. The third-order valence-electron chi connectivity index (χ3n) is 4.17. The zero-order chi connectivity index (χ0) is 18.2. The molecule has 0 bridgehead atoms. The van der Waals surface area contributed by atoms with E-state index in [2.05, 4.69) is 28.7 Å². The van der Waals surface area contributed by atoms with E-state index in [0.717, 1.165) is 42.1 Å². The van der Waals surface area contributed by atoms with Gasteiger partial charge in [0.25, 0.3) is 0 Å². The summed E-state index contributed by atoms with van der Waals surface area (Å²) in [4.78, 5) is 12.1. The second-order valence-corrected chi connectivity index (χ2v) is 6.14. The zero-order valence-corrected chi connectivity index (χ0v) is 15.5. The molecule has 1 unspecified atom stereocenters. The predicted molar refractivity (Wildman–Crippen MR) is 98.9 cm³/mol. The van der Waals surface area contributed by atoms with Crippen LogP contribution in [0.25, 0.3) is 0 Å². The Bertz CT molecular complexity index is 679. The predicted octanol–water partition coefficient (Wildman–Crippen LogP) is 3.35. The van der Waals surface area contributed by atoms with E-state index in [0.29, 0.717) is 6.54 Å². The quantitative estimate of drug-likeness (QED) is 0.722. The number of urea groups is 1. The Morgan fingerprint density at radius 3 is 2.56 bits per heavy atom. The van der Waals surface area contributed by atoms with Crippen LogP contribution in [0.4, 0.5) is 4.79 Å². The monoisotopic (exact) mass is 344 g/mol. The van der Waals surface area contributed by atoms with Gasteiger partial charge < -0.3 is 15.4 Å². The number of methoxy groups -OCH3 is 1.